The van der Waals surface area contributed by atoms with Crippen LogP contribution in [-0.4, -0.2) is 0 Å². The van der Waals surface area contributed by atoms with Crippen molar-refractivity contribution in [2.24, 2.45) is 0 Å². The zero-order valence-electron chi connectivity index (χ0n) is 25.6. The monoisotopic (exact) mass is 686 g/mol. The third-order valence-electron chi connectivity index (χ3n) is 7.76. The first kappa shape index (κ1) is 30.2. The van der Waals surface area contributed by atoms with E-state index in [4.69, 9.17) is 0 Å². The van der Waals surface area contributed by atoms with Crippen molar-refractivity contribution < 1.29 is 0 Å². The zero-order chi connectivity index (χ0) is 30.6. The number of nitrogens with zero attached hydrogens (tertiary/aromatic N) is 2. The summed E-state index contributed by atoms with van der Waals surface area (Å²) in [5.41, 5.74) is 10.9. The van der Waals surface area contributed by atoms with Crippen LogP contribution in [0, 0.1) is 0 Å². The van der Waals surface area contributed by atoms with Crippen LogP contribution in [0.3, 0.4) is 0 Å². The lowest BCUT2D eigenvalue weighted by molar-refractivity contribution is 0.590. The molecule has 0 atom stereocenters. The average Bonchev–Trinajstić information content (AvgIpc) is 3.81. The van der Waals surface area contributed by atoms with Crippen molar-refractivity contribution in [2.45, 2.75) is 69.2 Å². The maximum Gasteiger partial charge on any atom is 0.0896 e. The fourth-order valence-electron chi connectivity index (χ4n) is 5.33. The van der Waals surface area contributed by atoms with Gasteiger partial charge in [0.25, 0.3) is 0 Å². The summed E-state index contributed by atoms with van der Waals surface area (Å²) in [6, 6.07) is 26.9. The molecule has 44 heavy (non-hydrogen) atoms. The minimum Gasteiger partial charge on any atom is -0.306 e. The maximum atomic E-state index is 2.39. The quantitative estimate of drug-likeness (QED) is 0.178. The van der Waals surface area contributed by atoms with E-state index in [1.807, 2.05) is 68.9 Å². The predicted molar refractivity (Wildman–Crippen MR) is 199 cm³/mol. The molecule has 0 unspecified atom stereocenters. The molecule has 2 aliphatic rings. The second-order valence-electron chi connectivity index (χ2n) is 12.8. The van der Waals surface area contributed by atoms with E-state index in [0.717, 1.165) is 0 Å². The third kappa shape index (κ3) is 5.70. The summed E-state index contributed by atoms with van der Waals surface area (Å²) in [7, 11) is 0. The van der Waals surface area contributed by atoms with Gasteiger partial charge in [0, 0.05) is 11.4 Å². The molecule has 0 bridgehead atoms. The van der Waals surface area contributed by atoms with Crippen molar-refractivity contribution in [1.29, 1.82) is 0 Å². The topological polar surface area (TPSA) is 6.48 Å². The van der Waals surface area contributed by atoms with Gasteiger partial charge in [-0.3, -0.25) is 0 Å². The van der Waals surface area contributed by atoms with Crippen LogP contribution in [0.2, 0.25) is 0 Å². The Kier molecular flexibility index (Phi) is 8.05. The highest BCUT2D eigenvalue weighted by molar-refractivity contribution is 8.03. The first-order chi connectivity index (χ1) is 21.1. The molecular formula is C36H34N2S6. The predicted octanol–water partition coefficient (Wildman–Crippen LogP) is 14.1. The van der Waals surface area contributed by atoms with Gasteiger partial charge in [-0.15, -0.1) is 45.3 Å². The molecule has 0 spiro atoms. The Hall–Kier alpha value is -2.46. The van der Waals surface area contributed by atoms with E-state index in [1.54, 1.807) is 0 Å². The van der Waals surface area contributed by atoms with E-state index in [9.17, 15) is 0 Å². The van der Waals surface area contributed by atoms with Crippen molar-refractivity contribution >= 4 is 103 Å². The molecule has 0 aliphatic carbocycles. The number of anilines is 6. The SMILES string of the molecule is CC(C)(C)c1ccc(N2c3ccsc3Sc3sccc32)cc1.CC(C)(C)c1ccc(N2c3ccsc3Sc3sccc32)cc1. The Morgan fingerprint density at radius 2 is 0.659 bits per heavy atom. The molecule has 8 rings (SSSR count). The Morgan fingerprint density at radius 1 is 0.386 bits per heavy atom. The molecule has 0 amide bonds. The van der Waals surface area contributed by atoms with Crippen LogP contribution in [0.5, 0.6) is 0 Å². The fourth-order valence-corrected chi connectivity index (χ4v) is 11.9. The van der Waals surface area contributed by atoms with E-state index in [0.29, 0.717) is 0 Å². The molecule has 0 N–H and O–H groups in total. The van der Waals surface area contributed by atoms with Gasteiger partial charge < -0.3 is 9.80 Å². The van der Waals surface area contributed by atoms with Gasteiger partial charge in [0.15, 0.2) is 0 Å². The van der Waals surface area contributed by atoms with E-state index in [1.165, 1.54) is 62.1 Å². The summed E-state index contributed by atoms with van der Waals surface area (Å²) in [4.78, 5) is 4.78. The molecule has 2 nitrogen and oxygen atoms in total. The largest absolute Gasteiger partial charge is 0.306 e. The highest BCUT2D eigenvalue weighted by atomic mass is 32.2. The summed E-state index contributed by atoms with van der Waals surface area (Å²) in [6.07, 6.45) is 0. The van der Waals surface area contributed by atoms with E-state index >= 15 is 0 Å². The Balaban J connectivity index is 0.000000142. The van der Waals surface area contributed by atoms with E-state index < -0.39 is 0 Å². The van der Waals surface area contributed by atoms with Crippen LogP contribution in [0.15, 0.2) is 111 Å². The molecule has 2 aliphatic heterocycles. The Morgan fingerprint density at radius 3 is 0.909 bits per heavy atom. The van der Waals surface area contributed by atoms with Crippen LogP contribution in [0.1, 0.15) is 52.7 Å². The van der Waals surface area contributed by atoms with Crippen LogP contribution < -0.4 is 9.80 Å². The van der Waals surface area contributed by atoms with Gasteiger partial charge in [-0.25, -0.2) is 0 Å². The van der Waals surface area contributed by atoms with Crippen LogP contribution >= 0.6 is 68.9 Å². The first-order valence-electron chi connectivity index (χ1n) is 14.5. The third-order valence-corrected chi connectivity index (χ3v) is 14.3. The smallest absolute Gasteiger partial charge is 0.0896 e. The van der Waals surface area contributed by atoms with Gasteiger partial charge >= 0.3 is 0 Å². The Bertz CT molecular complexity index is 1670. The van der Waals surface area contributed by atoms with Crippen LogP contribution in [-0.2, 0) is 10.8 Å². The molecule has 8 heteroatoms. The molecule has 6 heterocycles. The van der Waals surface area contributed by atoms with Crippen molar-refractivity contribution in [2.75, 3.05) is 9.80 Å². The average molecular weight is 687 g/mol. The standard InChI is InChI=1S/2C18H17NS3/c2*1-18(2,3)12-4-6-13(7-5-12)19-14-8-10-20-16(14)22-17-15(19)9-11-21-17/h2*4-11H,1-3H3. The van der Waals surface area contributed by atoms with Crippen LogP contribution in [0.4, 0.5) is 34.1 Å². The summed E-state index contributed by atoms with van der Waals surface area (Å²) in [5.74, 6) is 0. The normalized spacial score (nSPS) is 13.9. The second kappa shape index (κ2) is 11.7. The highest BCUT2D eigenvalue weighted by Crippen LogP contribution is 2.56. The van der Waals surface area contributed by atoms with Gasteiger partial charge in [-0.2, -0.15) is 0 Å². The molecule has 2 aromatic carbocycles. The summed E-state index contributed by atoms with van der Waals surface area (Å²) < 4.78 is 5.54. The lowest BCUT2D eigenvalue weighted by Crippen LogP contribution is -2.14. The van der Waals surface area contributed by atoms with Gasteiger partial charge in [0.05, 0.1) is 39.6 Å². The van der Waals surface area contributed by atoms with Crippen LogP contribution in [0.25, 0.3) is 0 Å². The van der Waals surface area contributed by atoms with Crippen molar-refractivity contribution in [1.82, 2.24) is 0 Å². The van der Waals surface area contributed by atoms with Gasteiger partial charge in [-0.05, 0) is 92.0 Å². The highest BCUT2D eigenvalue weighted by Gasteiger charge is 2.28. The lowest BCUT2D eigenvalue weighted by atomic mass is 9.87. The van der Waals surface area contributed by atoms with Crippen molar-refractivity contribution in [3.63, 3.8) is 0 Å². The summed E-state index contributed by atoms with van der Waals surface area (Å²) in [5, 5.41) is 8.74. The number of rotatable bonds is 2. The number of hydrogen-bond donors (Lipinski definition) is 0. The van der Waals surface area contributed by atoms with Crippen molar-refractivity contribution in [3.05, 3.63) is 105 Å². The molecule has 0 saturated carbocycles. The summed E-state index contributed by atoms with van der Waals surface area (Å²) >= 11 is 11.1. The minimum absolute atomic E-state index is 0.192. The number of thiophene rings is 4. The van der Waals surface area contributed by atoms with Crippen molar-refractivity contribution in [3.8, 4) is 0 Å². The minimum atomic E-state index is 0.192. The Labute approximate surface area is 285 Å². The van der Waals surface area contributed by atoms with Gasteiger partial charge in [-0.1, -0.05) is 89.3 Å². The molecular weight excluding hydrogens is 653 g/mol. The maximum absolute atomic E-state index is 2.39. The molecule has 6 aromatic rings. The molecule has 0 fully saturated rings. The number of hydrogen-bond acceptors (Lipinski definition) is 8. The molecule has 0 radical (unpaired) electrons. The lowest BCUT2D eigenvalue weighted by Gasteiger charge is -2.29. The molecule has 224 valence electrons. The number of fused-ring (bicyclic) bond motifs is 4. The van der Waals surface area contributed by atoms with Gasteiger partial charge in [0.1, 0.15) is 0 Å². The fraction of sp³-hybridized carbons (Fsp3) is 0.222. The second-order valence-corrected chi connectivity index (χ2v) is 19.6. The van der Waals surface area contributed by atoms with Gasteiger partial charge in [0.2, 0.25) is 0 Å². The van der Waals surface area contributed by atoms with E-state index in [2.05, 4.69) is 146 Å². The molecule has 4 aromatic heterocycles. The first-order valence-corrected chi connectivity index (χ1v) is 19.7. The summed E-state index contributed by atoms with van der Waals surface area (Å²) in [6.45, 7) is 13.5. The number of benzene rings is 2. The molecule has 0 saturated heterocycles. The van der Waals surface area contributed by atoms with E-state index in [-0.39, 0.29) is 10.8 Å². The zero-order valence-corrected chi connectivity index (χ0v) is 30.5.